The minimum atomic E-state index is -4.18. The van der Waals surface area contributed by atoms with Gasteiger partial charge in [-0.05, 0) is 112 Å². The number of piperidine rings is 2. The lowest BCUT2D eigenvalue weighted by molar-refractivity contribution is 0.0516. The standard InChI is InChI=1S/C58H74Cl4F2N10O12S2/c59-41-29-43(61)49-39-23-35(25-45(63)53(39)85-55-47(27-37(41)51(49)55)73-13-3-5-33(65)31-73)87(77,78)71-11-17-83-21-19-81-15-9-69-57(75)67-7-1-2-8-68-58(76)70-10-16-82-20-22-84-18-12-72-88(79,80)36-24-40-50-44(62)30-42(60)38-28-48(74-14-4-6-34(66)32-74)56(52(38)50)86-54(40)46(64)26-36/h23-26,29-30,33-34,47-48,55-56,71-72H,1-22,27-28,31-32,65-66H2,(H2,67,69,75)(H2,68,70,76)/t33-,34-,47+,48+,55-,56-/m1/s1. The maximum atomic E-state index is 15.9. The van der Waals surface area contributed by atoms with E-state index in [1.54, 1.807) is 12.1 Å². The quantitative estimate of drug-likeness (QED) is 0.0282. The van der Waals surface area contributed by atoms with E-state index in [0.29, 0.717) is 73.0 Å². The first-order valence-corrected chi connectivity index (χ1v) is 34.1. The van der Waals surface area contributed by atoms with Crippen molar-refractivity contribution < 1.29 is 63.6 Å². The van der Waals surface area contributed by atoms with Crippen LogP contribution in [0.4, 0.5) is 18.4 Å². The molecule has 0 radical (unpaired) electrons. The second-order valence-corrected chi connectivity index (χ2v) is 27.7. The predicted octanol–water partition coefficient (Wildman–Crippen LogP) is 6.18. The van der Waals surface area contributed by atoms with E-state index in [-0.39, 0.29) is 158 Å². The number of carbonyl (C=O) groups excluding carboxylic acids is 2. The molecule has 0 aromatic heterocycles. The number of sulfonamides is 2. The highest BCUT2D eigenvalue weighted by atomic mass is 35.5. The number of hydrogen-bond acceptors (Lipinski definition) is 16. The molecule has 88 heavy (non-hydrogen) atoms. The zero-order valence-corrected chi connectivity index (χ0v) is 53.0. The molecule has 482 valence electrons. The minimum Gasteiger partial charge on any atom is -0.480 e. The normalized spacial score (nSPS) is 21.2. The van der Waals surface area contributed by atoms with Crippen LogP contribution < -0.4 is 51.7 Å². The van der Waals surface area contributed by atoms with Gasteiger partial charge >= 0.3 is 12.1 Å². The molecular weight excluding hydrogens is 1270 g/mol. The van der Waals surface area contributed by atoms with Crippen LogP contribution in [-0.4, -0.2) is 181 Å². The summed E-state index contributed by atoms with van der Waals surface area (Å²) in [5, 5.41) is 12.3. The number of halogens is 6. The summed E-state index contributed by atoms with van der Waals surface area (Å²) >= 11 is 26.9. The van der Waals surface area contributed by atoms with Crippen LogP contribution in [0.3, 0.4) is 0 Å². The van der Waals surface area contributed by atoms with Crippen LogP contribution in [0.15, 0.2) is 46.2 Å². The number of rotatable bonds is 29. The van der Waals surface area contributed by atoms with Gasteiger partial charge in [0, 0.05) is 108 Å². The van der Waals surface area contributed by atoms with Crippen molar-refractivity contribution in [1.82, 2.24) is 40.5 Å². The first kappa shape index (κ1) is 66.5. The molecule has 2 saturated heterocycles. The summed E-state index contributed by atoms with van der Waals surface area (Å²) in [4.78, 5) is 28.3. The maximum Gasteiger partial charge on any atom is 0.314 e. The molecule has 2 fully saturated rings. The van der Waals surface area contributed by atoms with Crippen LogP contribution in [0.2, 0.25) is 20.1 Å². The van der Waals surface area contributed by atoms with Crippen molar-refractivity contribution in [3.8, 4) is 33.8 Å². The van der Waals surface area contributed by atoms with Gasteiger partial charge in [0.2, 0.25) is 20.0 Å². The number of unbranched alkanes of at least 4 members (excludes halogenated alkanes) is 1. The fourth-order valence-corrected chi connectivity index (χ4v) is 15.8. The summed E-state index contributed by atoms with van der Waals surface area (Å²) in [6, 6.07) is 6.84. The van der Waals surface area contributed by atoms with Gasteiger partial charge < -0.3 is 61.2 Å². The Morgan fingerprint density at radius 3 is 1.30 bits per heavy atom. The third-order valence-electron chi connectivity index (χ3n) is 16.5. The van der Waals surface area contributed by atoms with Gasteiger partial charge in [-0.25, -0.2) is 44.6 Å². The van der Waals surface area contributed by atoms with Crippen LogP contribution in [0.5, 0.6) is 11.5 Å². The molecule has 4 amide bonds. The van der Waals surface area contributed by atoms with Crippen LogP contribution in [-0.2, 0) is 51.8 Å². The van der Waals surface area contributed by atoms with Crippen LogP contribution in [0, 0.1) is 11.6 Å². The monoisotopic (exact) mass is 1340 g/mol. The molecule has 4 aromatic rings. The lowest BCUT2D eigenvalue weighted by Crippen LogP contribution is -2.50. The van der Waals surface area contributed by atoms with Gasteiger partial charge in [0.15, 0.2) is 23.1 Å². The topological polar surface area (TPSA) is 288 Å². The Labute approximate surface area is 531 Å². The van der Waals surface area contributed by atoms with Gasteiger partial charge in [-0.3, -0.25) is 9.80 Å². The van der Waals surface area contributed by atoms with Crippen molar-refractivity contribution in [2.45, 2.75) is 97.5 Å². The summed E-state index contributed by atoms with van der Waals surface area (Å²) in [6.45, 7) is 5.14. The lowest BCUT2D eigenvalue weighted by atomic mass is 9.91. The number of hydrogen-bond donors (Lipinski definition) is 8. The summed E-state index contributed by atoms with van der Waals surface area (Å²) in [7, 11) is -8.36. The van der Waals surface area contributed by atoms with E-state index in [9.17, 15) is 26.4 Å². The second-order valence-electron chi connectivity index (χ2n) is 22.5. The molecular formula is C58H74Cl4F2N10O12S2. The van der Waals surface area contributed by atoms with Crippen LogP contribution in [0.1, 0.15) is 73.0 Å². The maximum absolute atomic E-state index is 15.9. The van der Waals surface area contributed by atoms with Crippen molar-refractivity contribution in [2.24, 2.45) is 11.5 Å². The van der Waals surface area contributed by atoms with E-state index in [4.69, 9.17) is 86.3 Å². The summed E-state index contributed by atoms with van der Waals surface area (Å²) < 4.78 is 125. The van der Waals surface area contributed by atoms with E-state index < -0.39 is 43.9 Å². The molecule has 10 rings (SSSR count). The third kappa shape index (κ3) is 15.5. The highest BCUT2D eigenvalue weighted by molar-refractivity contribution is 7.89. The zero-order valence-electron chi connectivity index (χ0n) is 48.3. The molecule has 4 aliphatic heterocycles. The SMILES string of the molecule is N[C@@H]1CCCN([C@H]2Cc3c(Cl)cc(Cl)c4c3[C@@H]2Oc2c(F)cc(S(=O)(=O)NCCOCCOCCNC(=O)NCCCCNC(=O)NCCOCCOCCNS(=O)(=O)c3cc(F)c5c(c3)-c3c(Cl)cc(Cl)c6c3[C@H](O5)[C@@H](N3CCC[C@@H](N)C3)C6)cc2-4)C1. The van der Waals surface area contributed by atoms with Crippen molar-refractivity contribution in [1.29, 1.82) is 0 Å². The molecule has 22 nitrogen and oxygen atoms in total. The Kier molecular flexibility index (Phi) is 22.6. The molecule has 0 saturated carbocycles. The third-order valence-corrected chi connectivity index (χ3v) is 20.7. The molecule has 0 unspecified atom stereocenters. The fraction of sp³-hybridized carbons (Fsp3) is 0.552. The van der Waals surface area contributed by atoms with E-state index in [2.05, 4.69) is 40.5 Å². The van der Waals surface area contributed by atoms with E-state index in [0.717, 1.165) is 73.2 Å². The Morgan fingerprint density at radius 2 is 0.909 bits per heavy atom. The number of nitrogens with two attached hydrogens (primary N) is 2. The van der Waals surface area contributed by atoms with Gasteiger partial charge in [0.1, 0.15) is 12.2 Å². The molecule has 6 atom stereocenters. The van der Waals surface area contributed by atoms with Gasteiger partial charge in [0.25, 0.3) is 0 Å². The molecule has 0 bridgehead atoms. The van der Waals surface area contributed by atoms with Gasteiger partial charge in [-0.2, -0.15) is 0 Å². The number of ether oxygens (including phenoxy) is 6. The van der Waals surface area contributed by atoms with Gasteiger partial charge in [-0.1, -0.05) is 46.4 Å². The molecule has 2 aliphatic carbocycles. The van der Waals surface area contributed by atoms with Gasteiger partial charge in [-0.15, -0.1) is 0 Å². The molecule has 10 N–H and O–H groups in total. The zero-order chi connectivity index (χ0) is 62.3. The number of carbonyl (C=O) groups is 2. The van der Waals surface area contributed by atoms with E-state index >= 15 is 8.78 Å². The molecule has 4 heterocycles. The number of nitrogens with one attached hydrogen (secondary N) is 6. The molecule has 4 aromatic carbocycles. The Balaban J connectivity index is 0.524. The average molecular weight is 1350 g/mol. The largest absolute Gasteiger partial charge is 0.480 e. The number of benzene rings is 4. The summed E-state index contributed by atoms with van der Waals surface area (Å²) in [5.41, 5.74) is 17.3. The number of amides is 4. The van der Waals surface area contributed by atoms with Crippen molar-refractivity contribution in [3.05, 3.63) is 90.4 Å². The fourth-order valence-electron chi connectivity index (χ4n) is 12.4. The highest BCUT2D eigenvalue weighted by Gasteiger charge is 2.48. The predicted molar refractivity (Wildman–Crippen MR) is 329 cm³/mol. The lowest BCUT2D eigenvalue weighted by Gasteiger charge is -2.39. The van der Waals surface area contributed by atoms with Crippen LogP contribution in [0.25, 0.3) is 22.3 Å². The molecule has 0 spiro atoms. The van der Waals surface area contributed by atoms with Crippen molar-refractivity contribution >= 4 is 78.5 Å². The smallest absolute Gasteiger partial charge is 0.314 e. The molecule has 30 heteroatoms. The van der Waals surface area contributed by atoms with Crippen molar-refractivity contribution in [2.75, 3.05) is 118 Å². The minimum absolute atomic E-state index is 0.0136. The van der Waals surface area contributed by atoms with Crippen molar-refractivity contribution in [3.63, 3.8) is 0 Å². The Hall–Kier alpha value is -4.46. The molecule has 6 aliphatic rings. The first-order valence-electron chi connectivity index (χ1n) is 29.6. The number of fused-ring (bicyclic) bond motifs is 4. The summed E-state index contributed by atoms with van der Waals surface area (Å²) in [6.07, 6.45) is 4.93. The first-order chi connectivity index (χ1) is 42.3. The number of likely N-dealkylation sites (tertiary alicyclic amines) is 2. The highest BCUT2D eigenvalue weighted by Crippen LogP contribution is 2.57. The Bertz CT molecular complexity index is 3220. The number of urea groups is 2. The second kappa shape index (κ2) is 29.9. The Morgan fingerprint density at radius 1 is 0.534 bits per heavy atom. The van der Waals surface area contributed by atoms with E-state index in [1.165, 1.54) is 12.1 Å². The number of nitrogens with zero attached hydrogens (tertiary/aromatic N) is 2. The van der Waals surface area contributed by atoms with Crippen LogP contribution >= 0.6 is 46.4 Å². The summed E-state index contributed by atoms with van der Waals surface area (Å²) in [5.74, 6) is -1.79. The van der Waals surface area contributed by atoms with E-state index in [1.807, 2.05) is 0 Å². The average Bonchev–Trinajstić information content (AvgIpc) is 1.52. The van der Waals surface area contributed by atoms with Gasteiger partial charge in [0.05, 0.1) is 84.8 Å².